The van der Waals surface area contributed by atoms with Crippen molar-refractivity contribution in [3.63, 3.8) is 0 Å². The van der Waals surface area contributed by atoms with Crippen molar-refractivity contribution >= 4 is 41.6 Å². The Bertz CT molecular complexity index is 1200. The molecule has 0 atom stereocenters. The van der Waals surface area contributed by atoms with Gasteiger partial charge in [-0.2, -0.15) is 20.1 Å². The van der Waals surface area contributed by atoms with Crippen molar-refractivity contribution in [3.8, 4) is 5.75 Å². The van der Waals surface area contributed by atoms with Crippen molar-refractivity contribution in [1.29, 1.82) is 0 Å². The molecule has 192 valence electrons. The molecular weight excluding hydrogens is 490 g/mol. The number of hydrazone groups is 1. The van der Waals surface area contributed by atoms with Gasteiger partial charge in [-0.05, 0) is 80.5 Å². The van der Waals surface area contributed by atoms with Crippen LogP contribution in [0.1, 0.15) is 54.4 Å². The number of ether oxygens (including phenoxy) is 1. The summed E-state index contributed by atoms with van der Waals surface area (Å²) in [6.07, 6.45) is 8.75. The van der Waals surface area contributed by atoms with Crippen LogP contribution >= 0.6 is 11.6 Å². The summed E-state index contributed by atoms with van der Waals surface area (Å²) in [6.45, 7) is 3.83. The smallest absolute Gasteiger partial charge is 0.345 e. The summed E-state index contributed by atoms with van der Waals surface area (Å²) in [4.78, 5) is 30.9. The number of piperidine rings is 2. The highest BCUT2D eigenvalue weighted by Crippen LogP contribution is 2.23. The average Bonchev–Trinajstić information content (AvgIpc) is 2.95. The Morgan fingerprint density at radius 3 is 2.03 bits per heavy atom. The van der Waals surface area contributed by atoms with Gasteiger partial charge in [0.2, 0.25) is 17.8 Å². The van der Waals surface area contributed by atoms with E-state index in [0.29, 0.717) is 34.2 Å². The number of halogens is 1. The van der Waals surface area contributed by atoms with Crippen LogP contribution in [0.4, 0.5) is 17.8 Å². The fourth-order valence-electron chi connectivity index (χ4n) is 4.45. The Labute approximate surface area is 221 Å². The highest BCUT2D eigenvalue weighted by Gasteiger charge is 2.20. The van der Waals surface area contributed by atoms with E-state index in [4.69, 9.17) is 21.3 Å². The normalized spacial score (nSPS) is 16.1. The zero-order valence-electron chi connectivity index (χ0n) is 20.6. The minimum Gasteiger partial charge on any atom is -0.423 e. The van der Waals surface area contributed by atoms with Crippen molar-refractivity contribution in [2.75, 3.05) is 41.4 Å². The van der Waals surface area contributed by atoms with Crippen molar-refractivity contribution in [3.05, 3.63) is 64.7 Å². The van der Waals surface area contributed by atoms with Gasteiger partial charge in [0.05, 0.1) is 16.8 Å². The van der Waals surface area contributed by atoms with Crippen molar-refractivity contribution in [1.82, 2.24) is 15.0 Å². The fraction of sp³-hybridized carbons (Fsp3) is 0.370. The molecule has 10 heteroatoms. The van der Waals surface area contributed by atoms with Crippen LogP contribution in [0, 0.1) is 0 Å². The lowest BCUT2D eigenvalue weighted by Crippen LogP contribution is -2.34. The first-order valence-corrected chi connectivity index (χ1v) is 13.2. The molecule has 2 aliphatic heterocycles. The number of nitrogens with zero attached hydrogens (tertiary/aromatic N) is 6. The summed E-state index contributed by atoms with van der Waals surface area (Å²) in [5.41, 5.74) is 4.13. The molecule has 2 saturated heterocycles. The number of hydrogen-bond donors (Lipinski definition) is 1. The molecule has 0 unspecified atom stereocenters. The Morgan fingerprint density at radius 1 is 0.838 bits per heavy atom. The molecule has 0 saturated carbocycles. The van der Waals surface area contributed by atoms with E-state index in [-0.39, 0.29) is 0 Å². The number of benzene rings is 2. The molecule has 9 nitrogen and oxygen atoms in total. The third-order valence-corrected chi connectivity index (χ3v) is 6.78. The first kappa shape index (κ1) is 25.0. The van der Waals surface area contributed by atoms with E-state index in [2.05, 4.69) is 30.3 Å². The molecule has 2 aliphatic rings. The van der Waals surface area contributed by atoms with Crippen LogP contribution in [0.5, 0.6) is 5.75 Å². The van der Waals surface area contributed by atoms with Gasteiger partial charge in [-0.1, -0.05) is 23.7 Å². The van der Waals surface area contributed by atoms with Crippen LogP contribution in [0.25, 0.3) is 0 Å². The third kappa shape index (κ3) is 6.54. The largest absolute Gasteiger partial charge is 0.423 e. The van der Waals surface area contributed by atoms with Gasteiger partial charge >= 0.3 is 5.97 Å². The second-order valence-electron chi connectivity index (χ2n) is 9.16. The van der Waals surface area contributed by atoms with Crippen molar-refractivity contribution < 1.29 is 9.53 Å². The standard InChI is InChI=1S/C27H30ClN7O2/c28-23-10-4-3-9-22(23)24(36)37-21-13-11-20(12-14-21)19-29-33-25-30-26(34-15-5-1-6-16-34)32-27(31-25)35-17-7-2-8-18-35/h3-4,9-14,19H,1-2,5-8,15-18H2,(H,30,31,32,33)/b29-19-. The third-order valence-electron chi connectivity index (χ3n) is 6.45. The predicted molar refractivity (Wildman–Crippen MR) is 146 cm³/mol. The lowest BCUT2D eigenvalue weighted by molar-refractivity contribution is 0.0735. The monoisotopic (exact) mass is 519 g/mol. The van der Waals surface area contributed by atoms with Gasteiger partial charge in [-0.25, -0.2) is 10.2 Å². The summed E-state index contributed by atoms with van der Waals surface area (Å²) in [5.74, 6) is 1.76. The van der Waals surface area contributed by atoms with Crippen LogP contribution in [-0.4, -0.2) is 53.3 Å². The van der Waals surface area contributed by atoms with Crippen LogP contribution < -0.4 is 20.0 Å². The number of rotatable bonds is 7. The molecule has 0 aliphatic carbocycles. The van der Waals surface area contributed by atoms with Crippen molar-refractivity contribution in [2.45, 2.75) is 38.5 Å². The number of carbonyl (C=O) groups excluding carboxylic acids is 1. The summed E-state index contributed by atoms with van der Waals surface area (Å²) >= 11 is 6.08. The maximum Gasteiger partial charge on any atom is 0.345 e. The number of hydrogen-bond acceptors (Lipinski definition) is 9. The second-order valence-corrected chi connectivity index (χ2v) is 9.57. The number of aromatic nitrogens is 3. The summed E-state index contributed by atoms with van der Waals surface area (Å²) in [7, 11) is 0. The molecule has 1 N–H and O–H groups in total. The van der Waals surface area contributed by atoms with Crippen LogP contribution in [0.3, 0.4) is 0 Å². The Kier molecular flexibility index (Phi) is 8.10. The molecule has 1 aromatic heterocycles. The van der Waals surface area contributed by atoms with Crippen molar-refractivity contribution in [2.24, 2.45) is 5.10 Å². The lowest BCUT2D eigenvalue weighted by Gasteiger charge is -2.30. The van der Waals surface area contributed by atoms with E-state index in [9.17, 15) is 4.79 Å². The van der Waals surface area contributed by atoms with Gasteiger partial charge in [0, 0.05) is 26.2 Å². The van der Waals surface area contributed by atoms with E-state index in [0.717, 1.165) is 57.4 Å². The Hall–Kier alpha value is -3.72. The minimum absolute atomic E-state index is 0.323. The number of nitrogens with one attached hydrogen (secondary N) is 1. The van der Waals surface area contributed by atoms with Crippen LogP contribution in [0.2, 0.25) is 5.02 Å². The number of carbonyl (C=O) groups is 1. The fourth-order valence-corrected chi connectivity index (χ4v) is 4.66. The molecule has 2 aromatic carbocycles. The second kappa shape index (κ2) is 12.0. The van der Waals surface area contributed by atoms with Gasteiger partial charge in [0.1, 0.15) is 5.75 Å². The van der Waals surface area contributed by atoms with Crippen LogP contribution in [-0.2, 0) is 0 Å². The van der Waals surface area contributed by atoms with E-state index >= 15 is 0 Å². The maximum absolute atomic E-state index is 12.4. The average molecular weight is 520 g/mol. The van der Waals surface area contributed by atoms with Crippen LogP contribution in [0.15, 0.2) is 53.6 Å². The highest BCUT2D eigenvalue weighted by molar-refractivity contribution is 6.33. The molecule has 0 radical (unpaired) electrons. The zero-order chi connectivity index (χ0) is 25.5. The highest BCUT2D eigenvalue weighted by atomic mass is 35.5. The van der Waals surface area contributed by atoms with E-state index in [1.165, 1.54) is 12.8 Å². The van der Waals surface area contributed by atoms with E-state index in [1.807, 2.05) is 12.1 Å². The molecule has 0 spiro atoms. The summed E-state index contributed by atoms with van der Waals surface area (Å²) < 4.78 is 5.43. The molecule has 0 bridgehead atoms. The minimum atomic E-state index is -0.502. The molecule has 3 heterocycles. The lowest BCUT2D eigenvalue weighted by atomic mass is 10.1. The SMILES string of the molecule is O=C(Oc1ccc(/C=N\Nc2nc(N3CCCCC3)nc(N3CCCCC3)n2)cc1)c1ccccc1Cl. The maximum atomic E-state index is 12.4. The van der Waals surface area contributed by atoms with E-state index < -0.39 is 5.97 Å². The quantitative estimate of drug-likeness (QED) is 0.198. The van der Waals surface area contributed by atoms with Gasteiger partial charge in [-0.3, -0.25) is 0 Å². The Morgan fingerprint density at radius 2 is 1.43 bits per heavy atom. The predicted octanol–water partition coefficient (Wildman–Crippen LogP) is 5.17. The first-order chi connectivity index (χ1) is 18.2. The molecular formula is C27H30ClN7O2. The van der Waals surface area contributed by atoms with Gasteiger partial charge in [0.25, 0.3) is 0 Å². The van der Waals surface area contributed by atoms with E-state index in [1.54, 1.807) is 42.6 Å². The summed E-state index contributed by atoms with van der Waals surface area (Å²) in [5, 5.41) is 4.70. The molecule has 37 heavy (non-hydrogen) atoms. The topological polar surface area (TPSA) is 95.8 Å². The Balaban J connectivity index is 1.25. The molecule has 2 fully saturated rings. The zero-order valence-corrected chi connectivity index (χ0v) is 21.4. The number of esters is 1. The van der Waals surface area contributed by atoms with Gasteiger partial charge in [-0.15, -0.1) is 0 Å². The van der Waals surface area contributed by atoms with Gasteiger partial charge < -0.3 is 14.5 Å². The number of anilines is 3. The van der Waals surface area contributed by atoms with Gasteiger partial charge in [0.15, 0.2) is 0 Å². The summed E-state index contributed by atoms with van der Waals surface area (Å²) in [6, 6.07) is 13.8. The molecule has 3 aromatic rings. The molecule has 0 amide bonds. The first-order valence-electron chi connectivity index (χ1n) is 12.8. The molecule has 5 rings (SSSR count).